The second-order valence-corrected chi connectivity index (χ2v) is 6.68. The lowest BCUT2D eigenvalue weighted by Crippen LogP contribution is -2.30. The van der Waals surface area contributed by atoms with Crippen LogP contribution < -0.4 is 10.9 Å². The molecule has 1 amide bonds. The molecule has 0 aliphatic carbocycles. The minimum atomic E-state index is -0.178. The SMILES string of the molecule is CN(Cc1nc2ccsc2c(=O)[nH]1)C(=O)c1n[nH]c2c1CCNC2. The van der Waals surface area contributed by atoms with Crippen LogP contribution in [0.5, 0.6) is 0 Å². The molecule has 3 N–H and O–H groups in total. The first-order valence-corrected chi connectivity index (χ1v) is 8.50. The third-order valence-corrected chi connectivity index (χ3v) is 5.01. The van der Waals surface area contributed by atoms with Crippen LogP contribution in [0.25, 0.3) is 10.2 Å². The predicted octanol–water partition coefficient (Wildman–Crippen LogP) is 0.626. The number of nitrogens with zero attached hydrogens (tertiary/aromatic N) is 3. The summed E-state index contributed by atoms with van der Waals surface area (Å²) in [7, 11) is 1.68. The summed E-state index contributed by atoms with van der Waals surface area (Å²) >= 11 is 1.35. The van der Waals surface area contributed by atoms with Gasteiger partial charge in [-0.05, 0) is 24.4 Å². The number of carbonyl (C=O) groups excluding carboxylic acids is 1. The smallest absolute Gasteiger partial charge is 0.274 e. The van der Waals surface area contributed by atoms with Crippen molar-refractivity contribution in [3.63, 3.8) is 0 Å². The Morgan fingerprint density at radius 1 is 1.46 bits per heavy atom. The van der Waals surface area contributed by atoms with Gasteiger partial charge in [0.15, 0.2) is 5.69 Å². The van der Waals surface area contributed by atoms with Crippen molar-refractivity contribution in [2.24, 2.45) is 0 Å². The zero-order chi connectivity index (χ0) is 16.7. The molecule has 0 aromatic carbocycles. The van der Waals surface area contributed by atoms with Crippen LogP contribution in [0.2, 0.25) is 0 Å². The average molecular weight is 344 g/mol. The summed E-state index contributed by atoms with van der Waals surface area (Å²) in [6, 6.07) is 1.80. The Labute approximate surface area is 140 Å². The first-order valence-electron chi connectivity index (χ1n) is 7.62. The molecule has 0 unspecified atom stereocenters. The van der Waals surface area contributed by atoms with Gasteiger partial charge in [-0.25, -0.2) is 4.98 Å². The molecule has 0 radical (unpaired) electrons. The Kier molecular flexibility index (Phi) is 3.66. The highest BCUT2D eigenvalue weighted by atomic mass is 32.1. The summed E-state index contributed by atoms with van der Waals surface area (Å²) in [4.78, 5) is 33.4. The van der Waals surface area contributed by atoms with E-state index in [0.717, 1.165) is 24.2 Å². The van der Waals surface area contributed by atoms with Crippen molar-refractivity contribution in [2.75, 3.05) is 13.6 Å². The monoisotopic (exact) mass is 344 g/mol. The van der Waals surface area contributed by atoms with Crippen LogP contribution in [0.3, 0.4) is 0 Å². The number of H-pyrrole nitrogens is 2. The Bertz CT molecular complexity index is 972. The maximum absolute atomic E-state index is 12.7. The van der Waals surface area contributed by atoms with Gasteiger partial charge in [-0.15, -0.1) is 11.3 Å². The van der Waals surface area contributed by atoms with Gasteiger partial charge in [0.2, 0.25) is 0 Å². The number of amides is 1. The largest absolute Gasteiger partial charge is 0.333 e. The molecule has 9 heteroatoms. The summed E-state index contributed by atoms with van der Waals surface area (Å²) in [6.45, 7) is 1.75. The summed E-state index contributed by atoms with van der Waals surface area (Å²) in [5, 5.41) is 12.2. The highest BCUT2D eigenvalue weighted by molar-refractivity contribution is 7.17. The molecule has 0 spiro atoms. The molecule has 1 aliphatic rings. The Morgan fingerprint density at radius 3 is 3.21 bits per heavy atom. The average Bonchev–Trinajstić information content (AvgIpc) is 3.20. The molecule has 0 atom stereocenters. The first kappa shape index (κ1) is 15.0. The number of nitrogens with one attached hydrogen (secondary N) is 3. The van der Waals surface area contributed by atoms with Gasteiger partial charge in [-0.1, -0.05) is 0 Å². The fraction of sp³-hybridized carbons (Fsp3) is 0.333. The third-order valence-electron chi connectivity index (χ3n) is 4.11. The predicted molar refractivity (Wildman–Crippen MR) is 90.0 cm³/mol. The van der Waals surface area contributed by atoms with Gasteiger partial charge in [0.05, 0.1) is 17.8 Å². The molecule has 3 aromatic rings. The van der Waals surface area contributed by atoms with E-state index in [-0.39, 0.29) is 18.0 Å². The molecule has 0 saturated heterocycles. The van der Waals surface area contributed by atoms with Crippen molar-refractivity contribution in [3.05, 3.63) is 44.6 Å². The van der Waals surface area contributed by atoms with E-state index in [0.29, 0.717) is 28.3 Å². The molecule has 3 aromatic heterocycles. The van der Waals surface area contributed by atoms with Gasteiger partial charge < -0.3 is 15.2 Å². The lowest BCUT2D eigenvalue weighted by Gasteiger charge is -2.17. The van der Waals surface area contributed by atoms with E-state index in [1.54, 1.807) is 13.1 Å². The molecule has 0 saturated carbocycles. The van der Waals surface area contributed by atoms with Crippen LogP contribution in [-0.4, -0.2) is 44.6 Å². The van der Waals surface area contributed by atoms with E-state index >= 15 is 0 Å². The molecule has 0 bridgehead atoms. The molecule has 0 fully saturated rings. The van der Waals surface area contributed by atoms with Gasteiger partial charge in [0.25, 0.3) is 11.5 Å². The van der Waals surface area contributed by atoms with Crippen molar-refractivity contribution in [1.29, 1.82) is 0 Å². The molecular weight excluding hydrogens is 328 g/mol. The van der Waals surface area contributed by atoms with Crippen LogP contribution in [-0.2, 0) is 19.5 Å². The second-order valence-electron chi connectivity index (χ2n) is 5.76. The lowest BCUT2D eigenvalue weighted by atomic mass is 10.1. The number of carbonyl (C=O) groups is 1. The summed E-state index contributed by atoms with van der Waals surface area (Å²) in [5.74, 6) is 0.287. The Balaban J connectivity index is 1.58. The first-order chi connectivity index (χ1) is 11.6. The van der Waals surface area contributed by atoms with Crippen LogP contribution in [0, 0.1) is 0 Å². The summed E-state index contributed by atoms with van der Waals surface area (Å²) < 4.78 is 0.599. The number of thiophene rings is 1. The molecule has 4 rings (SSSR count). The topological polar surface area (TPSA) is 107 Å². The second kappa shape index (κ2) is 5.84. The van der Waals surface area contributed by atoms with Crippen molar-refractivity contribution in [2.45, 2.75) is 19.5 Å². The number of hydrogen-bond donors (Lipinski definition) is 3. The van der Waals surface area contributed by atoms with E-state index in [1.165, 1.54) is 16.2 Å². The quantitative estimate of drug-likeness (QED) is 0.646. The fourth-order valence-corrected chi connectivity index (χ4v) is 3.62. The van der Waals surface area contributed by atoms with Crippen LogP contribution in [0.15, 0.2) is 16.2 Å². The minimum Gasteiger partial charge on any atom is -0.333 e. The third kappa shape index (κ3) is 2.51. The highest BCUT2D eigenvalue weighted by Crippen LogP contribution is 2.18. The Hall–Kier alpha value is -2.52. The van der Waals surface area contributed by atoms with Gasteiger partial charge in [-0.3, -0.25) is 14.7 Å². The van der Waals surface area contributed by atoms with Gasteiger partial charge in [0, 0.05) is 19.2 Å². The maximum atomic E-state index is 12.7. The van der Waals surface area contributed by atoms with Crippen molar-refractivity contribution in [3.8, 4) is 0 Å². The standard InChI is InChI=1S/C15H16N6O2S/c1-21(7-11-17-9-3-5-24-13(9)14(22)18-11)15(23)12-8-2-4-16-6-10(8)19-20-12/h3,5,16H,2,4,6-7H2,1H3,(H,19,20)(H,17,18,22). The lowest BCUT2D eigenvalue weighted by molar-refractivity contribution is 0.0774. The highest BCUT2D eigenvalue weighted by Gasteiger charge is 2.24. The van der Waals surface area contributed by atoms with Gasteiger partial charge >= 0.3 is 0 Å². The van der Waals surface area contributed by atoms with Gasteiger partial charge in [-0.2, -0.15) is 5.10 Å². The number of aromatic nitrogens is 4. The molecular formula is C15H16N6O2S. The number of rotatable bonds is 3. The maximum Gasteiger partial charge on any atom is 0.274 e. The van der Waals surface area contributed by atoms with Crippen molar-refractivity contribution >= 4 is 27.5 Å². The molecule has 124 valence electrons. The zero-order valence-corrected chi connectivity index (χ0v) is 13.9. The fourth-order valence-electron chi connectivity index (χ4n) is 2.89. The Morgan fingerprint density at radius 2 is 2.33 bits per heavy atom. The molecule has 24 heavy (non-hydrogen) atoms. The molecule has 8 nitrogen and oxygen atoms in total. The number of hydrogen-bond acceptors (Lipinski definition) is 6. The van der Waals surface area contributed by atoms with E-state index in [4.69, 9.17) is 0 Å². The number of fused-ring (bicyclic) bond motifs is 2. The normalized spacial score (nSPS) is 13.9. The van der Waals surface area contributed by atoms with E-state index < -0.39 is 0 Å². The van der Waals surface area contributed by atoms with E-state index in [1.807, 2.05) is 5.38 Å². The molecule has 4 heterocycles. The number of aromatic amines is 2. The molecule has 1 aliphatic heterocycles. The zero-order valence-electron chi connectivity index (χ0n) is 13.0. The minimum absolute atomic E-state index is 0.172. The van der Waals surface area contributed by atoms with Crippen LogP contribution in [0.4, 0.5) is 0 Å². The van der Waals surface area contributed by atoms with E-state index in [9.17, 15) is 9.59 Å². The van der Waals surface area contributed by atoms with E-state index in [2.05, 4.69) is 25.5 Å². The summed E-state index contributed by atoms with van der Waals surface area (Å²) in [5.41, 5.74) is 2.87. The van der Waals surface area contributed by atoms with Crippen molar-refractivity contribution in [1.82, 2.24) is 30.4 Å². The summed E-state index contributed by atoms with van der Waals surface area (Å²) in [6.07, 6.45) is 0.774. The van der Waals surface area contributed by atoms with Crippen molar-refractivity contribution < 1.29 is 4.79 Å². The van der Waals surface area contributed by atoms with Gasteiger partial charge in [0.1, 0.15) is 10.5 Å². The van der Waals surface area contributed by atoms with Crippen LogP contribution >= 0.6 is 11.3 Å². The van der Waals surface area contributed by atoms with Crippen LogP contribution in [0.1, 0.15) is 27.6 Å².